The average Bonchev–Trinajstić information content (AvgIpc) is 3.24. The number of rotatable bonds is 7. The van der Waals surface area contributed by atoms with Crippen molar-refractivity contribution >= 4 is 11.9 Å². The molecule has 1 aromatic rings. The first-order valence-corrected chi connectivity index (χ1v) is 6.75. The van der Waals surface area contributed by atoms with Crippen LogP contribution in [0.2, 0.25) is 0 Å². The van der Waals surface area contributed by atoms with Crippen LogP contribution in [0.1, 0.15) is 18.4 Å². The van der Waals surface area contributed by atoms with Gasteiger partial charge < -0.3 is 15.2 Å². The van der Waals surface area contributed by atoms with E-state index >= 15 is 0 Å². The first kappa shape index (κ1) is 14.4. The summed E-state index contributed by atoms with van der Waals surface area (Å²) in [7, 11) is 1.63. The molecule has 0 bridgehead atoms. The van der Waals surface area contributed by atoms with Crippen LogP contribution in [-0.2, 0) is 16.0 Å². The summed E-state index contributed by atoms with van der Waals surface area (Å²) in [6, 6.07) is 7.83. The largest absolute Gasteiger partial charge is 0.497 e. The molecule has 1 aliphatic carbocycles. The van der Waals surface area contributed by atoms with Gasteiger partial charge in [0, 0.05) is 6.54 Å². The summed E-state index contributed by atoms with van der Waals surface area (Å²) >= 11 is 0. The van der Waals surface area contributed by atoms with Gasteiger partial charge in [-0.1, -0.05) is 12.1 Å². The quantitative estimate of drug-likeness (QED) is 0.740. The van der Waals surface area contributed by atoms with Gasteiger partial charge in [-0.25, -0.2) is 0 Å². The number of hydrogen-bond donors (Lipinski definition) is 2. The number of amides is 1. The first-order chi connectivity index (χ1) is 9.61. The smallest absolute Gasteiger partial charge is 0.307 e. The van der Waals surface area contributed by atoms with Gasteiger partial charge in [-0.05, 0) is 37.0 Å². The predicted molar refractivity (Wildman–Crippen MR) is 73.6 cm³/mol. The van der Waals surface area contributed by atoms with Gasteiger partial charge in [0.15, 0.2) is 0 Å². The number of carboxylic acids is 1. The lowest BCUT2D eigenvalue weighted by Gasteiger charge is -2.05. The van der Waals surface area contributed by atoms with Crippen LogP contribution in [0.3, 0.4) is 0 Å². The molecule has 0 heterocycles. The highest BCUT2D eigenvalue weighted by atomic mass is 16.5. The van der Waals surface area contributed by atoms with Crippen molar-refractivity contribution < 1.29 is 19.4 Å². The summed E-state index contributed by atoms with van der Waals surface area (Å²) < 4.78 is 5.08. The molecular weight excluding hydrogens is 258 g/mol. The second-order valence-corrected chi connectivity index (χ2v) is 5.03. The number of benzene rings is 1. The molecule has 108 valence electrons. The Morgan fingerprint density at radius 3 is 2.55 bits per heavy atom. The first-order valence-electron chi connectivity index (χ1n) is 6.75. The van der Waals surface area contributed by atoms with E-state index < -0.39 is 11.9 Å². The van der Waals surface area contributed by atoms with Crippen molar-refractivity contribution in [3.05, 3.63) is 29.8 Å². The van der Waals surface area contributed by atoms with E-state index in [0.29, 0.717) is 13.0 Å². The topological polar surface area (TPSA) is 75.6 Å². The van der Waals surface area contributed by atoms with Gasteiger partial charge in [0.05, 0.1) is 18.9 Å². The molecule has 1 fully saturated rings. The molecule has 2 atom stereocenters. The van der Waals surface area contributed by atoms with Crippen molar-refractivity contribution in [2.24, 2.45) is 11.8 Å². The van der Waals surface area contributed by atoms with E-state index in [9.17, 15) is 9.59 Å². The standard InChI is InChI=1S/C15H19NO4/c1-20-11-6-4-10(5-7-11)3-2-8-16-14(17)12-9-13(12)15(18)19/h4-7,12-13H,2-3,8-9H2,1H3,(H,16,17)(H,18,19)/t12-,13+/m0/s1. The molecule has 1 saturated carbocycles. The third-order valence-corrected chi connectivity index (χ3v) is 3.54. The molecule has 2 N–H and O–H groups in total. The van der Waals surface area contributed by atoms with E-state index in [-0.39, 0.29) is 11.8 Å². The number of ether oxygens (including phenoxy) is 1. The molecular formula is C15H19NO4. The fraction of sp³-hybridized carbons (Fsp3) is 0.467. The Morgan fingerprint density at radius 1 is 1.30 bits per heavy atom. The predicted octanol–water partition coefficient (Wildman–Crippen LogP) is 1.46. The van der Waals surface area contributed by atoms with Crippen molar-refractivity contribution in [2.75, 3.05) is 13.7 Å². The molecule has 0 spiro atoms. The van der Waals surface area contributed by atoms with Crippen molar-refractivity contribution in [3.63, 3.8) is 0 Å². The zero-order valence-electron chi connectivity index (χ0n) is 11.5. The Balaban J connectivity index is 1.64. The SMILES string of the molecule is COc1ccc(CCCNC(=O)[C@H]2C[C@H]2C(=O)O)cc1. The Hall–Kier alpha value is -2.04. The van der Waals surface area contributed by atoms with Crippen LogP contribution >= 0.6 is 0 Å². The fourth-order valence-electron chi connectivity index (χ4n) is 2.19. The molecule has 5 heteroatoms. The summed E-state index contributed by atoms with van der Waals surface area (Å²) in [5.74, 6) is -0.976. The van der Waals surface area contributed by atoms with Crippen LogP contribution in [0.4, 0.5) is 0 Å². The van der Waals surface area contributed by atoms with E-state index in [2.05, 4.69) is 5.32 Å². The molecule has 5 nitrogen and oxygen atoms in total. The Bertz CT molecular complexity index is 483. The van der Waals surface area contributed by atoms with E-state index in [1.165, 1.54) is 5.56 Å². The molecule has 1 amide bonds. The monoisotopic (exact) mass is 277 g/mol. The second-order valence-electron chi connectivity index (χ2n) is 5.03. The number of nitrogens with one attached hydrogen (secondary N) is 1. The third kappa shape index (κ3) is 3.73. The van der Waals surface area contributed by atoms with Crippen LogP contribution in [-0.4, -0.2) is 30.6 Å². The summed E-state index contributed by atoms with van der Waals surface area (Å²) in [6.07, 6.45) is 2.18. The summed E-state index contributed by atoms with van der Waals surface area (Å²) in [5, 5.41) is 11.5. The summed E-state index contributed by atoms with van der Waals surface area (Å²) in [6.45, 7) is 0.577. The molecule has 2 rings (SSSR count). The summed E-state index contributed by atoms with van der Waals surface area (Å²) in [5.41, 5.74) is 1.19. The molecule has 1 aliphatic rings. The van der Waals surface area contributed by atoms with Crippen molar-refractivity contribution in [3.8, 4) is 5.75 Å². The van der Waals surface area contributed by atoms with Gasteiger partial charge in [0.25, 0.3) is 0 Å². The van der Waals surface area contributed by atoms with E-state index in [0.717, 1.165) is 18.6 Å². The molecule has 0 unspecified atom stereocenters. The molecule has 20 heavy (non-hydrogen) atoms. The minimum Gasteiger partial charge on any atom is -0.497 e. The number of hydrogen-bond acceptors (Lipinski definition) is 3. The fourth-order valence-corrected chi connectivity index (χ4v) is 2.19. The number of aryl methyl sites for hydroxylation is 1. The zero-order chi connectivity index (χ0) is 14.5. The lowest BCUT2D eigenvalue weighted by Crippen LogP contribution is -2.27. The highest BCUT2D eigenvalue weighted by Crippen LogP contribution is 2.38. The van der Waals surface area contributed by atoms with E-state index in [4.69, 9.17) is 9.84 Å². The maximum Gasteiger partial charge on any atom is 0.307 e. The second kappa shape index (κ2) is 6.41. The van der Waals surface area contributed by atoms with Gasteiger partial charge in [-0.2, -0.15) is 0 Å². The highest BCUT2D eigenvalue weighted by molar-refractivity contribution is 5.89. The Morgan fingerprint density at radius 2 is 2.00 bits per heavy atom. The van der Waals surface area contributed by atoms with Gasteiger partial charge >= 0.3 is 5.97 Å². The number of aliphatic carboxylic acids is 1. The minimum atomic E-state index is -0.872. The van der Waals surface area contributed by atoms with Crippen molar-refractivity contribution in [2.45, 2.75) is 19.3 Å². The maximum absolute atomic E-state index is 11.6. The van der Waals surface area contributed by atoms with Crippen molar-refractivity contribution in [1.29, 1.82) is 0 Å². The normalized spacial score (nSPS) is 20.2. The van der Waals surface area contributed by atoms with Crippen LogP contribution in [0.5, 0.6) is 5.75 Å². The maximum atomic E-state index is 11.6. The molecule has 1 aromatic carbocycles. The molecule has 0 aromatic heterocycles. The lowest BCUT2D eigenvalue weighted by atomic mass is 10.1. The Kier molecular flexibility index (Phi) is 4.61. The summed E-state index contributed by atoms with van der Waals surface area (Å²) in [4.78, 5) is 22.3. The van der Waals surface area contributed by atoms with E-state index in [1.807, 2.05) is 24.3 Å². The molecule has 0 aliphatic heterocycles. The average molecular weight is 277 g/mol. The number of carbonyl (C=O) groups is 2. The van der Waals surface area contributed by atoms with Gasteiger partial charge in [-0.15, -0.1) is 0 Å². The Labute approximate surface area is 117 Å². The number of carboxylic acid groups (broad SMARTS) is 1. The third-order valence-electron chi connectivity index (χ3n) is 3.54. The van der Waals surface area contributed by atoms with E-state index in [1.54, 1.807) is 7.11 Å². The van der Waals surface area contributed by atoms with Crippen molar-refractivity contribution in [1.82, 2.24) is 5.32 Å². The zero-order valence-corrected chi connectivity index (χ0v) is 11.5. The highest BCUT2D eigenvalue weighted by Gasteiger charge is 2.48. The lowest BCUT2D eigenvalue weighted by molar-refractivity contribution is -0.140. The van der Waals surface area contributed by atoms with Crippen LogP contribution < -0.4 is 10.1 Å². The van der Waals surface area contributed by atoms with Gasteiger partial charge in [-0.3, -0.25) is 9.59 Å². The van der Waals surface area contributed by atoms with Crippen LogP contribution in [0.25, 0.3) is 0 Å². The number of methoxy groups -OCH3 is 1. The molecule has 0 saturated heterocycles. The minimum absolute atomic E-state index is 0.132. The van der Waals surface area contributed by atoms with Gasteiger partial charge in [0.1, 0.15) is 5.75 Å². The number of carbonyl (C=O) groups excluding carboxylic acids is 1. The van der Waals surface area contributed by atoms with Crippen LogP contribution in [0.15, 0.2) is 24.3 Å². The molecule has 0 radical (unpaired) electrons. The van der Waals surface area contributed by atoms with Gasteiger partial charge in [0.2, 0.25) is 5.91 Å². The van der Waals surface area contributed by atoms with Crippen LogP contribution in [0, 0.1) is 11.8 Å².